The van der Waals surface area contributed by atoms with Crippen molar-refractivity contribution >= 4 is 29.5 Å². The number of halogens is 1. The van der Waals surface area contributed by atoms with Crippen molar-refractivity contribution in [2.45, 2.75) is 52.4 Å². The molecular formula is C43H53ClO11. The van der Waals surface area contributed by atoms with Gasteiger partial charge in [0.05, 0.1) is 51.8 Å². The van der Waals surface area contributed by atoms with E-state index < -0.39 is 16.8 Å². The average Bonchev–Trinajstić information content (AvgIpc) is 3.26. The number of esters is 2. The molecule has 0 saturated carbocycles. The number of carbonyl (C=O) groups is 3. The highest BCUT2D eigenvalue weighted by Crippen LogP contribution is 2.30. The Morgan fingerprint density at radius 1 is 0.782 bits per heavy atom. The van der Waals surface area contributed by atoms with E-state index in [0.717, 1.165) is 23.1 Å². The topological polar surface area (TPSA) is 147 Å². The van der Waals surface area contributed by atoms with Crippen LogP contribution in [0.2, 0.25) is 0 Å². The number of carboxylic acid groups (broad SMARTS) is 1. The van der Waals surface area contributed by atoms with Crippen LogP contribution in [0.3, 0.4) is 0 Å². The van der Waals surface area contributed by atoms with E-state index in [1.807, 2.05) is 116 Å². The number of aliphatic hydroxyl groups excluding tert-OH is 1. The fraction of sp³-hybridized carbons (Fsp3) is 0.419. The summed E-state index contributed by atoms with van der Waals surface area (Å²) >= 11 is 5.33. The van der Waals surface area contributed by atoms with Crippen molar-refractivity contribution in [2.24, 2.45) is 10.8 Å². The molecule has 3 aliphatic rings. The van der Waals surface area contributed by atoms with Gasteiger partial charge in [0, 0.05) is 6.61 Å². The van der Waals surface area contributed by atoms with Crippen LogP contribution >= 0.6 is 11.6 Å². The standard InChI is InChI=1S/C15H18O3.C13H14O3.C8H9ClO.C7H12O4/c1-2-15(9-6-10-17-12-15)14(16)18-11-13-7-4-3-5-8-13;14-13(12-7-4-8-15-10-12)16-9-11-5-2-1-3-6-11;9-7-10-6-8-4-2-1-3-5-8;8-4-7(6(9)10)2-1-3-11-5-7/h3-9H,2,10-12H2,1H3;1-3,5-7H,4,8-10H2;1-5H,6-7H2;8H,1-5H2,(H,9,10). The van der Waals surface area contributed by atoms with Gasteiger partial charge < -0.3 is 38.6 Å². The maximum Gasteiger partial charge on any atom is 0.336 e. The third-order valence-corrected chi connectivity index (χ3v) is 9.07. The summed E-state index contributed by atoms with van der Waals surface area (Å²) in [5.74, 6) is -1.44. The van der Waals surface area contributed by atoms with Gasteiger partial charge in [-0.1, -0.05) is 128 Å². The average molecular weight is 781 g/mol. The minimum atomic E-state index is -1.03. The normalized spacial score (nSPS) is 20.0. The molecule has 0 spiro atoms. The van der Waals surface area contributed by atoms with Crippen molar-refractivity contribution in [3.63, 3.8) is 0 Å². The van der Waals surface area contributed by atoms with Gasteiger partial charge in [-0.15, -0.1) is 0 Å². The molecule has 12 heteroatoms. The molecule has 2 N–H and O–H groups in total. The third-order valence-electron chi connectivity index (χ3n) is 8.91. The maximum atomic E-state index is 12.2. The molecule has 0 radical (unpaired) electrons. The second-order valence-electron chi connectivity index (χ2n) is 13.0. The molecule has 0 aromatic heterocycles. The van der Waals surface area contributed by atoms with Crippen molar-refractivity contribution < 1.29 is 53.0 Å². The number of ether oxygens (including phenoxy) is 6. The van der Waals surface area contributed by atoms with Crippen LogP contribution in [0, 0.1) is 10.8 Å². The second-order valence-corrected chi connectivity index (χ2v) is 13.2. The van der Waals surface area contributed by atoms with E-state index in [9.17, 15) is 14.4 Å². The van der Waals surface area contributed by atoms with Crippen molar-refractivity contribution in [3.8, 4) is 0 Å². The van der Waals surface area contributed by atoms with Gasteiger partial charge in [-0.25, -0.2) is 4.79 Å². The molecule has 0 aliphatic carbocycles. The lowest BCUT2D eigenvalue weighted by atomic mass is 9.84. The fourth-order valence-corrected chi connectivity index (χ4v) is 5.53. The summed E-state index contributed by atoms with van der Waals surface area (Å²) < 4.78 is 31.1. The zero-order valence-corrected chi connectivity index (χ0v) is 32.2. The maximum absolute atomic E-state index is 12.2. The molecule has 2 atom stereocenters. The van der Waals surface area contributed by atoms with Gasteiger partial charge in [0.2, 0.25) is 0 Å². The quantitative estimate of drug-likeness (QED) is 0.111. The molecule has 0 bridgehead atoms. The number of alkyl halides is 1. The van der Waals surface area contributed by atoms with Crippen molar-refractivity contribution in [1.82, 2.24) is 0 Å². The summed E-state index contributed by atoms with van der Waals surface area (Å²) in [4.78, 5) is 34.4. The van der Waals surface area contributed by atoms with E-state index in [4.69, 9.17) is 50.2 Å². The molecule has 3 aromatic carbocycles. The lowest BCUT2D eigenvalue weighted by molar-refractivity contribution is -0.161. The summed E-state index contributed by atoms with van der Waals surface area (Å²) in [5.41, 5.74) is 2.14. The molecule has 1 saturated heterocycles. The van der Waals surface area contributed by atoms with Gasteiger partial charge in [0.15, 0.2) is 0 Å². The summed E-state index contributed by atoms with van der Waals surface area (Å²) in [6.07, 6.45) is 8.40. The molecule has 3 aliphatic heterocycles. The SMILES string of the molecule is CCC1(C(=O)OCc2ccccc2)C=CCOC1.ClCOCc1ccccc1.O=C(O)C1(CO)CCCOC1.O=C(OCc1ccccc1)C1=CCCOC1. The predicted molar refractivity (Wildman–Crippen MR) is 208 cm³/mol. The number of carbonyl (C=O) groups excluding carboxylic acids is 2. The monoisotopic (exact) mass is 780 g/mol. The van der Waals surface area contributed by atoms with Crippen LogP contribution in [0.15, 0.2) is 115 Å². The first-order chi connectivity index (χ1) is 26.8. The van der Waals surface area contributed by atoms with E-state index >= 15 is 0 Å². The Morgan fingerprint density at radius 3 is 1.82 bits per heavy atom. The van der Waals surface area contributed by atoms with Crippen LogP contribution in [0.4, 0.5) is 0 Å². The van der Waals surface area contributed by atoms with Gasteiger partial charge in [0.1, 0.15) is 30.1 Å². The van der Waals surface area contributed by atoms with Gasteiger partial charge in [-0.05, 0) is 42.4 Å². The highest BCUT2D eigenvalue weighted by Gasteiger charge is 2.40. The van der Waals surface area contributed by atoms with Crippen molar-refractivity contribution in [2.75, 3.05) is 52.3 Å². The van der Waals surface area contributed by atoms with Crippen LogP contribution in [0.5, 0.6) is 0 Å². The second kappa shape index (κ2) is 25.7. The Balaban J connectivity index is 0.000000203. The van der Waals surface area contributed by atoms with Gasteiger partial charge >= 0.3 is 17.9 Å². The van der Waals surface area contributed by atoms with Crippen molar-refractivity contribution in [3.05, 3.63) is 131 Å². The third kappa shape index (κ3) is 16.1. The molecule has 6 rings (SSSR count). The highest BCUT2D eigenvalue weighted by molar-refractivity contribution is 6.17. The van der Waals surface area contributed by atoms with E-state index in [1.54, 1.807) is 0 Å². The summed E-state index contributed by atoms with van der Waals surface area (Å²) in [5, 5.41) is 17.6. The first kappa shape index (κ1) is 45.0. The molecular weight excluding hydrogens is 728 g/mol. The Labute approximate surface area is 328 Å². The summed E-state index contributed by atoms with van der Waals surface area (Å²) in [6.45, 7) is 5.67. The van der Waals surface area contributed by atoms with Gasteiger partial charge in [0.25, 0.3) is 0 Å². The zero-order chi connectivity index (χ0) is 39.6. The van der Waals surface area contributed by atoms with E-state index in [1.165, 1.54) is 0 Å². The Bertz CT molecular complexity index is 1590. The van der Waals surface area contributed by atoms with Crippen LogP contribution in [0.1, 0.15) is 49.3 Å². The molecule has 0 amide bonds. The summed E-state index contributed by atoms with van der Waals surface area (Å²) in [6, 6.07) is 29.5. The lowest BCUT2D eigenvalue weighted by Gasteiger charge is -2.30. The number of carboxylic acids is 1. The van der Waals surface area contributed by atoms with E-state index in [0.29, 0.717) is 77.7 Å². The van der Waals surface area contributed by atoms with Crippen LogP contribution in [0.25, 0.3) is 0 Å². The molecule has 3 heterocycles. The van der Waals surface area contributed by atoms with Crippen LogP contribution < -0.4 is 0 Å². The molecule has 55 heavy (non-hydrogen) atoms. The number of benzene rings is 3. The predicted octanol–water partition coefficient (Wildman–Crippen LogP) is 7.05. The first-order valence-electron chi connectivity index (χ1n) is 18.3. The van der Waals surface area contributed by atoms with Crippen LogP contribution in [-0.2, 0) is 62.6 Å². The van der Waals surface area contributed by atoms with Gasteiger partial charge in [-0.3, -0.25) is 9.59 Å². The highest BCUT2D eigenvalue weighted by atomic mass is 35.5. The minimum absolute atomic E-state index is 0.138. The lowest BCUT2D eigenvalue weighted by Crippen LogP contribution is -2.42. The smallest absolute Gasteiger partial charge is 0.336 e. The first-order valence-corrected chi connectivity index (χ1v) is 18.8. The minimum Gasteiger partial charge on any atom is -0.481 e. The summed E-state index contributed by atoms with van der Waals surface area (Å²) in [7, 11) is 0. The molecule has 11 nitrogen and oxygen atoms in total. The number of aliphatic hydroxyl groups is 1. The number of rotatable bonds is 12. The van der Waals surface area contributed by atoms with E-state index in [-0.39, 0.29) is 31.2 Å². The zero-order valence-electron chi connectivity index (χ0n) is 31.4. The number of aliphatic carboxylic acids is 1. The molecule has 2 unspecified atom stereocenters. The Kier molecular flexibility index (Phi) is 21.0. The molecule has 3 aromatic rings. The fourth-order valence-electron chi connectivity index (χ4n) is 5.45. The molecule has 298 valence electrons. The van der Waals surface area contributed by atoms with Gasteiger partial charge in [-0.2, -0.15) is 0 Å². The Morgan fingerprint density at radius 2 is 1.38 bits per heavy atom. The number of hydrogen-bond donors (Lipinski definition) is 2. The van der Waals surface area contributed by atoms with Crippen LogP contribution in [-0.4, -0.2) is 80.4 Å². The number of hydrogen-bond acceptors (Lipinski definition) is 10. The Hall–Kier alpha value is -4.36. The van der Waals surface area contributed by atoms with E-state index in [2.05, 4.69) is 0 Å². The largest absolute Gasteiger partial charge is 0.481 e. The van der Waals surface area contributed by atoms with Crippen molar-refractivity contribution in [1.29, 1.82) is 0 Å². The molecule has 1 fully saturated rings.